The van der Waals surface area contributed by atoms with Crippen LogP contribution >= 0.6 is 38.5 Å². The van der Waals surface area contributed by atoms with Crippen molar-refractivity contribution < 1.29 is 4.74 Å². The van der Waals surface area contributed by atoms with Gasteiger partial charge in [-0.15, -0.1) is 0 Å². The normalized spacial score (nSPS) is 14.1. The molecule has 1 aromatic heterocycles. The minimum absolute atomic E-state index is 0.0814. The van der Waals surface area contributed by atoms with Crippen molar-refractivity contribution in [3.05, 3.63) is 8.30 Å². The largest absolute Gasteiger partial charge is 0.491 e. The number of nitrogens with zero attached hydrogens (tertiary/aromatic N) is 2. The van der Waals surface area contributed by atoms with Crippen LogP contribution in [0.1, 0.15) is 78.6 Å². The first kappa shape index (κ1) is 20.3. The van der Waals surface area contributed by atoms with E-state index in [9.17, 15) is 0 Å². The van der Waals surface area contributed by atoms with Crippen LogP contribution in [0.3, 0.4) is 0 Å². The van der Waals surface area contributed by atoms with Crippen molar-refractivity contribution in [1.29, 1.82) is 0 Å². The van der Waals surface area contributed by atoms with Crippen molar-refractivity contribution >= 4 is 38.5 Å². The van der Waals surface area contributed by atoms with Crippen LogP contribution in [0.4, 0.5) is 0 Å². The Morgan fingerprint density at radius 3 is 2.23 bits per heavy atom. The molecule has 0 saturated heterocycles. The number of hydrogen-bond acceptors (Lipinski definition) is 2. The number of unbranched alkanes of at least 4 members (excludes halogenated alkanes) is 5. The van der Waals surface area contributed by atoms with E-state index >= 15 is 0 Å². The fourth-order valence-electron chi connectivity index (χ4n) is 2.89. The molecule has 1 aromatic rings. The van der Waals surface area contributed by atoms with Gasteiger partial charge in [0.1, 0.15) is 3.70 Å². The zero-order chi connectivity index (χ0) is 16.6. The third-order valence-corrected chi connectivity index (χ3v) is 5.82. The molecule has 0 bridgehead atoms. The molecular weight excluding hydrogens is 455 g/mol. The van der Waals surface area contributed by atoms with Gasteiger partial charge in [-0.3, -0.25) is 0 Å². The number of aromatic nitrogens is 2. The first-order valence-corrected chi connectivity index (χ1v) is 10.4. The highest BCUT2D eigenvalue weighted by molar-refractivity contribution is 14.1. The number of halogens is 2. The maximum absolute atomic E-state index is 5.48. The van der Waals surface area contributed by atoms with E-state index in [2.05, 4.69) is 64.0 Å². The van der Waals surface area contributed by atoms with Crippen molar-refractivity contribution in [2.45, 2.75) is 84.1 Å². The first-order chi connectivity index (χ1) is 10.5. The molecule has 0 saturated carbocycles. The van der Waals surface area contributed by atoms with Crippen LogP contribution in [-0.2, 0) is 5.54 Å². The summed E-state index contributed by atoms with van der Waals surface area (Å²) in [6, 6.07) is 0. The maximum Gasteiger partial charge on any atom is 0.185 e. The lowest BCUT2D eigenvalue weighted by Gasteiger charge is -2.31. The SMILES string of the molecule is CCCCCCCC(C)(CCCC)n1nc(Br)c(OC)c1I. The van der Waals surface area contributed by atoms with E-state index in [1.54, 1.807) is 7.11 Å². The standard InChI is InChI=1S/C17H30BrIN2O/c1-5-7-9-10-11-13-17(3,12-8-6-2)21-16(19)14(22-4)15(18)20-21/h5-13H2,1-4H3. The van der Waals surface area contributed by atoms with E-state index in [1.807, 2.05) is 0 Å². The lowest BCUT2D eigenvalue weighted by atomic mass is 9.88. The Bertz CT molecular complexity index is 450. The zero-order valence-corrected chi connectivity index (χ0v) is 18.2. The van der Waals surface area contributed by atoms with Gasteiger partial charge in [-0.25, -0.2) is 4.68 Å². The fraction of sp³-hybridized carbons (Fsp3) is 0.824. The highest BCUT2D eigenvalue weighted by Crippen LogP contribution is 2.37. The minimum atomic E-state index is 0.0814. The summed E-state index contributed by atoms with van der Waals surface area (Å²) in [7, 11) is 1.71. The Morgan fingerprint density at radius 1 is 1.09 bits per heavy atom. The summed E-state index contributed by atoms with van der Waals surface area (Å²) in [5, 5.41) is 4.72. The second-order valence-electron chi connectivity index (χ2n) is 6.29. The number of rotatable bonds is 11. The quantitative estimate of drug-likeness (QED) is 0.264. The summed E-state index contributed by atoms with van der Waals surface area (Å²) in [6.45, 7) is 6.87. The molecule has 0 spiro atoms. The van der Waals surface area contributed by atoms with Crippen molar-refractivity contribution in [3.8, 4) is 5.75 Å². The van der Waals surface area contributed by atoms with E-state index in [1.165, 1.54) is 57.8 Å². The van der Waals surface area contributed by atoms with Gasteiger partial charge in [0.05, 0.1) is 12.6 Å². The van der Waals surface area contributed by atoms with Crippen molar-refractivity contribution in [1.82, 2.24) is 9.78 Å². The average Bonchev–Trinajstić information content (AvgIpc) is 2.80. The van der Waals surface area contributed by atoms with Crippen LogP contribution in [0.5, 0.6) is 5.75 Å². The third-order valence-electron chi connectivity index (χ3n) is 4.35. The molecule has 1 rings (SSSR count). The number of hydrogen-bond donors (Lipinski definition) is 0. The minimum Gasteiger partial charge on any atom is -0.491 e. The third kappa shape index (κ3) is 5.39. The maximum atomic E-state index is 5.48. The summed E-state index contributed by atoms with van der Waals surface area (Å²) in [5.41, 5.74) is 0.0814. The Hall–Kier alpha value is 0.220. The van der Waals surface area contributed by atoms with Crippen LogP contribution in [-0.4, -0.2) is 16.9 Å². The van der Waals surface area contributed by atoms with Crippen molar-refractivity contribution in [3.63, 3.8) is 0 Å². The topological polar surface area (TPSA) is 27.1 Å². The second kappa shape index (κ2) is 10.2. The molecule has 0 aliphatic carbocycles. The molecule has 22 heavy (non-hydrogen) atoms. The molecule has 5 heteroatoms. The van der Waals surface area contributed by atoms with Gasteiger partial charge in [-0.05, 0) is 58.3 Å². The highest BCUT2D eigenvalue weighted by Gasteiger charge is 2.31. The van der Waals surface area contributed by atoms with Crippen LogP contribution in [0.25, 0.3) is 0 Å². The Balaban J connectivity index is 2.86. The van der Waals surface area contributed by atoms with E-state index in [0.717, 1.165) is 14.1 Å². The first-order valence-electron chi connectivity index (χ1n) is 8.48. The number of methoxy groups -OCH3 is 1. The Kier molecular flexibility index (Phi) is 9.36. The summed E-state index contributed by atoms with van der Waals surface area (Å²) >= 11 is 5.89. The molecule has 1 unspecified atom stereocenters. The van der Waals surface area contributed by atoms with Crippen LogP contribution in [0.2, 0.25) is 0 Å². The van der Waals surface area contributed by atoms with Crippen molar-refractivity contribution in [2.24, 2.45) is 0 Å². The predicted molar refractivity (Wildman–Crippen MR) is 106 cm³/mol. The molecule has 0 fully saturated rings. The molecule has 0 amide bonds. The average molecular weight is 485 g/mol. The lowest BCUT2D eigenvalue weighted by molar-refractivity contribution is 0.222. The summed E-state index contributed by atoms with van der Waals surface area (Å²) < 4.78 is 9.57. The smallest absolute Gasteiger partial charge is 0.185 e. The Morgan fingerprint density at radius 2 is 1.68 bits per heavy atom. The Labute approximate surface area is 157 Å². The molecule has 1 atom stereocenters. The molecule has 128 valence electrons. The molecular formula is C17H30BrIN2O. The summed E-state index contributed by atoms with van der Waals surface area (Å²) in [6.07, 6.45) is 11.4. The van der Waals surface area contributed by atoms with E-state index in [4.69, 9.17) is 9.84 Å². The lowest BCUT2D eigenvalue weighted by Crippen LogP contribution is -2.32. The predicted octanol–water partition coefficient (Wildman–Crippen LogP) is 6.52. The summed E-state index contributed by atoms with van der Waals surface area (Å²) in [5.74, 6) is 0.856. The molecule has 0 radical (unpaired) electrons. The van der Waals surface area contributed by atoms with Gasteiger partial charge in [0.25, 0.3) is 0 Å². The van der Waals surface area contributed by atoms with Crippen LogP contribution < -0.4 is 4.74 Å². The van der Waals surface area contributed by atoms with E-state index < -0.39 is 0 Å². The van der Waals surface area contributed by atoms with Gasteiger partial charge in [0.15, 0.2) is 10.4 Å². The fourth-order valence-corrected chi connectivity index (χ4v) is 4.93. The van der Waals surface area contributed by atoms with Gasteiger partial charge in [-0.2, -0.15) is 5.10 Å². The molecule has 0 aromatic carbocycles. The van der Waals surface area contributed by atoms with Gasteiger partial charge in [0, 0.05) is 0 Å². The van der Waals surface area contributed by atoms with Gasteiger partial charge in [0.2, 0.25) is 0 Å². The molecule has 1 heterocycles. The van der Waals surface area contributed by atoms with Gasteiger partial charge < -0.3 is 4.74 Å². The van der Waals surface area contributed by atoms with E-state index in [0.29, 0.717) is 0 Å². The van der Waals surface area contributed by atoms with Crippen LogP contribution in [0.15, 0.2) is 4.60 Å². The number of ether oxygens (including phenoxy) is 1. The molecule has 3 nitrogen and oxygen atoms in total. The second-order valence-corrected chi connectivity index (χ2v) is 8.06. The van der Waals surface area contributed by atoms with Gasteiger partial charge in [-0.1, -0.05) is 58.8 Å². The molecule has 0 aliphatic rings. The molecule has 0 aliphatic heterocycles. The van der Waals surface area contributed by atoms with Gasteiger partial charge >= 0.3 is 0 Å². The monoisotopic (exact) mass is 484 g/mol. The van der Waals surface area contributed by atoms with Crippen LogP contribution in [0, 0.1) is 3.70 Å². The highest BCUT2D eigenvalue weighted by atomic mass is 127. The zero-order valence-electron chi connectivity index (χ0n) is 14.4. The summed E-state index contributed by atoms with van der Waals surface area (Å²) in [4.78, 5) is 0. The van der Waals surface area contributed by atoms with Crippen molar-refractivity contribution in [2.75, 3.05) is 7.11 Å². The molecule has 0 N–H and O–H groups in total. The van der Waals surface area contributed by atoms with E-state index in [-0.39, 0.29) is 5.54 Å².